The number of aromatic nitrogens is 3. The Labute approximate surface area is 168 Å². The molecule has 0 atom stereocenters. The maximum Gasteiger partial charge on any atom is 0.247 e. The number of carbonyl (C=O) groups is 1. The van der Waals surface area contributed by atoms with Crippen molar-refractivity contribution in [3.05, 3.63) is 73.3 Å². The lowest BCUT2D eigenvalue weighted by Crippen LogP contribution is -2.07. The molecule has 29 heavy (non-hydrogen) atoms. The second-order valence-electron chi connectivity index (χ2n) is 6.72. The first-order valence-electron chi connectivity index (χ1n) is 9.09. The van der Waals surface area contributed by atoms with Crippen molar-refractivity contribution in [2.75, 3.05) is 12.4 Å². The van der Waals surface area contributed by atoms with Gasteiger partial charge in [-0.15, -0.1) is 0 Å². The number of anilines is 1. The molecule has 6 heteroatoms. The Morgan fingerprint density at radius 2 is 1.97 bits per heavy atom. The number of pyridine rings is 2. The van der Waals surface area contributed by atoms with Crippen molar-refractivity contribution in [2.45, 2.75) is 6.92 Å². The molecular weight excluding hydrogens is 364 g/mol. The monoisotopic (exact) mass is 384 g/mol. The van der Waals surface area contributed by atoms with Crippen molar-refractivity contribution in [3.63, 3.8) is 0 Å². The Morgan fingerprint density at radius 1 is 1.10 bits per heavy atom. The maximum atomic E-state index is 11.7. The van der Waals surface area contributed by atoms with Crippen LogP contribution in [-0.4, -0.2) is 28.0 Å². The number of carbonyl (C=O) groups excluding carboxylic acids is 1. The van der Waals surface area contributed by atoms with E-state index in [1.165, 1.54) is 6.08 Å². The van der Waals surface area contributed by atoms with E-state index in [-0.39, 0.29) is 5.91 Å². The number of amides is 1. The fraction of sp³-hybridized carbons (Fsp3) is 0.0870. The zero-order chi connectivity index (χ0) is 20.4. The zero-order valence-corrected chi connectivity index (χ0v) is 16.2. The van der Waals surface area contributed by atoms with Gasteiger partial charge in [0.15, 0.2) is 0 Å². The molecule has 0 fully saturated rings. The highest BCUT2D eigenvalue weighted by molar-refractivity contribution is 6.00. The summed E-state index contributed by atoms with van der Waals surface area (Å²) >= 11 is 0. The van der Waals surface area contributed by atoms with E-state index in [4.69, 9.17) is 4.74 Å². The lowest BCUT2D eigenvalue weighted by Gasteiger charge is -2.10. The second kappa shape index (κ2) is 7.59. The Balaban J connectivity index is 1.82. The second-order valence-corrected chi connectivity index (χ2v) is 6.72. The van der Waals surface area contributed by atoms with Crippen molar-refractivity contribution in [1.29, 1.82) is 0 Å². The van der Waals surface area contributed by atoms with Crippen LogP contribution in [0.4, 0.5) is 5.69 Å². The van der Waals surface area contributed by atoms with Crippen molar-refractivity contribution >= 4 is 22.6 Å². The van der Waals surface area contributed by atoms with Gasteiger partial charge >= 0.3 is 0 Å². The van der Waals surface area contributed by atoms with E-state index >= 15 is 0 Å². The number of rotatable bonds is 5. The first-order valence-corrected chi connectivity index (χ1v) is 9.09. The molecule has 2 N–H and O–H groups in total. The number of ether oxygens (including phenoxy) is 1. The summed E-state index contributed by atoms with van der Waals surface area (Å²) in [5, 5.41) is 3.78. The van der Waals surface area contributed by atoms with Crippen molar-refractivity contribution < 1.29 is 9.53 Å². The summed E-state index contributed by atoms with van der Waals surface area (Å²) < 4.78 is 5.40. The zero-order valence-electron chi connectivity index (χ0n) is 16.2. The van der Waals surface area contributed by atoms with Gasteiger partial charge in [-0.25, -0.2) is 4.98 Å². The number of fused-ring (bicyclic) bond motifs is 1. The molecule has 0 saturated heterocycles. The predicted octanol–water partition coefficient (Wildman–Crippen LogP) is 4.73. The van der Waals surface area contributed by atoms with Gasteiger partial charge in [0.25, 0.3) is 0 Å². The summed E-state index contributed by atoms with van der Waals surface area (Å²) in [4.78, 5) is 23.8. The topological polar surface area (TPSA) is 79.9 Å². The van der Waals surface area contributed by atoms with Gasteiger partial charge in [0.2, 0.25) is 5.91 Å². The first kappa shape index (κ1) is 18.4. The van der Waals surface area contributed by atoms with Gasteiger partial charge in [0.05, 0.1) is 7.11 Å². The minimum atomic E-state index is -0.280. The fourth-order valence-corrected chi connectivity index (χ4v) is 3.25. The molecule has 3 heterocycles. The molecular formula is C23H20N4O2. The first-order chi connectivity index (χ1) is 14.1. The van der Waals surface area contributed by atoms with Crippen LogP contribution in [0, 0.1) is 6.92 Å². The van der Waals surface area contributed by atoms with Crippen LogP contribution in [0.1, 0.15) is 5.56 Å². The lowest BCUT2D eigenvalue weighted by atomic mass is 10.0. The molecule has 0 aliphatic heterocycles. The Kier molecular flexibility index (Phi) is 4.83. The summed E-state index contributed by atoms with van der Waals surface area (Å²) in [7, 11) is 1.59. The fourth-order valence-electron chi connectivity index (χ4n) is 3.25. The molecule has 4 rings (SSSR count). The number of hydrogen-bond donors (Lipinski definition) is 2. The van der Waals surface area contributed by atoms with E-state index in [1.807, 2.05) is 37.6 Å². The molecule has 4 aromatic rings. The van der Waals surface area contributed by atoms with Gasteiger partial charge < -0.3 is 15.0 Å². The Bertz CT molecular complexity index is 1230. The standard InChI is InChI=1S/C23H20N4O2/c1-4-22(28)27-18-6-15(7-19(9-18)29-3)16-8-20-21(13-26-23(20)25-12-16)17-5-14(2)10-24-11-17/h4-13H,1H2,2-3H3,(H,25,26)(H,27,28). The lowest BCUT2D eigenvalue weighted by molar-refractivity contribution is -0.111. The maximum absolute atomic E-state index is 11.7. The molecule has 0 spiro atoms. The van der Waals surface area contributed by atoms with E-state index in [2.05, 4.69) is 39.0 Å². The third kappa shape index (κ3) is 3.73. The third-order valence-electron chi connectivity index (χ3n) is 4.65. The molecule has 3 aromatic heterocycles. The van der Waals surface area contributed by atoms with Gasteiger partial charge in [-0.2, -0.15) is 0 Å². The van der Waals surface area contributed by atoms with Gasteiger partial charge in [0, 0.05) is 58.6 Å². The number of nitrogens with zero attached hydrogens (tertiary/aromatic N) is 2. The number of benzene rings is 1. The van der Waals surface area contributed by atoms with Crippen LogP contribution in [0.25, 0.3) is 33.3 Å². The smallest absolute Gasteiger partial charge is 0.247 e. The van der Waals surface area contributed by atoms with E-state index in [1.54, 1.807) is 19.4 Å². The summed E-state index contributed by atoms with van der Waals surface area (Å²) in [5.74, 6) is 0.358. The van der Waals surface area contributed by atoms with Gasteiger partial charge in [-0.3, -0.25) is 9.78 Å². The van der Waals surface area contributed by atoms with Gasteiger partial charge in [-0.05, 0) is 48.4 Å². The molecule has 6 nitrogen and oxygen atoms in total. The summed E-state index contributed by atoms with van der Waals surface area (Å²) in [5.41, 5.74) is 6.37. The van der Waals surface area contributed by atoms with Crippen LogP contribution in [-0.2, 0) is 4.79 Å². The van der Waals surface area contributed by atoms with Crippen LogP contribution in [0.5, 0.6) is 5.75 Å². The number of aromatic amines is 1. The van der Waals surface area contributed by atoms with E-state index < -0.39 is 0 Å². The van der Waals surface area contributed by atoms with E-state index in [0.717, 1.165) is 38.9 Å². The van der Waals surface area contributed by atoms with Crippen LogP contribution in [0.2, 0.25) is 0 Å². The average molecular weight is 384 g/mol. The minimum Gasteiger partial charge on any atom is -0.497 e. The van der Waals surface area contributed by atoms with Crippen LogP contribution < -0.4 is 10.1 Å². The van der Waals surface area contributed by atoms with Crippen LogP contribution >= 0.6 is 0 Å². The molecule has 0 aliphatic rings. The molecule has 1 amide bonds. The SMILES string of the molecule is C=CC(=O)Nc1cc(OC)cc(-c2cnc3[nH]cc(-c4cncc(C)c4)c3c2)c1. The molecule has 1 aromatic carbocycles. The highest BCUT2D eigenvalue weighted by atomic mass is 16.5. The van der Waals surface area contributed by atoms with E-state index in [0.29, 0.717) is 11.4 Å². The number of aryl methyl sites for hydroxylation is 1. The molecule has 0 aliphatic carbocycles. The molecule has 0 saturated carbocycles. The number of nitrogens with one attached hydrogen (secondary N) is 2. The highest BCUT2D eigenvalue weighted by Gasteiger charge is 2.11. The quantitative estimate of drug-likeness (QED) is 0.487. The molecule has 0 radical (unpaired) electrons. The summed E-state index contributed by atoms with van der Waals surface area (Å²) in [6.07, 6.45) is 8.65. The molecule has 0 unspecified atom stereocenters. The van der Waals surface area contributed by atoms with Crippen LogP contribution in [0.15, 0.2) is 67.8 Å². The van der Waals surface area contributed by atoms with Crippen LogP contribution in [0.3, 0.4) is 0 Å². The highest BCUT2D eigenvalue weighted by Crippen LogP contribution is 2.33. The number of methoxy groups -OCH3 is 1. The van der Waals surface area contributed by atoms with Gasteiger partial charge in [-0.1, -0.05) is 6.58 Å². The normalized spacial score (nSPS) is 10.7. The predicted molar refractivity (Wildman–Crippen MR) is 115 cm³/mol. The summed E-state index contributed by atoms with van der Waals surface area (Å²) in [6, 6.07) is 9.72. The number of hydrogen-bond acceptors (Lipinski definition) is 4. The summed E-state index contributed by atoms with van der Waals surface area (Å²) in [6.45, 7) is 5.51. The van der Waals surface area contributed by atoms with Crippen molar-refractivity contribution in [1.82, 2.24) is 15.0 Å². The number of H-pyrrole nitrogens is 1. The Hall–Kier alpha value is -3.93. The van der Waals surface area contributed by atoms with E-state index in [9.17, 15) is 4.79 Å². The minimum absolute atomic E-state index is 0.280. The van der Waals surface area contributed by atoms with Crippen molar-refractivity contribution in [3.8, 4) is 28.0 Å². The third-order valence-corrected chi connectivity index (χ3v) is 4.65. The average Bonchev–Trinajstić information content (AvgIpc) is 3.16. The van der Waals surface area contributed by atoms with Crippen molar-refractivity contribution in [2.24, 2.45) is 0 Å². The van der Waals surface area contributed by atoms with Gasteiger partial charge in [0.1, 0.15) is 11.4 Å². The molecule has 144 valence electrons. The largest absolute Gasteiger partial charge is 0.497 e. The molecule has 0 bridgehead atoms. The Morgan fingerprint density at radius 3 is 2.72 bits per heavy atom.